The van der Waals surface area contributed by atoms with Crippen LogP contribution in [0.2, 0.25) is 0 Å². The molecule has 1 fully saturated rings. The van der Waals surface area contributed by atoms with Gasteiger partial charge in [0.25, 0.3) is 0 Å². The maximum absolute atomic E-state index is 13.3. The molecule has 10 heteroatoms. The number of rotatable bonds is 2. The number of hydrogen-bond donors (Lipinski definition) is 0. The Morgan fingerprint density at radius 2 is 1.73 bits per heavy atom. The summed E-state index contributed by atoms with van der Waals surface area (Å²) in [4.78, 5) is 61.3. The number of imide groups is 1. The fourth-order valence-corrected chi connectivity index (χ4v) is 4.12. The van der Waals surface area contributed by atoms with E-state index in [0.29, 0.717) is 0 Å². The molecule has 2 atom stereocenters. The maximum Gasteiger partial charge on any atom is 0.396 e. The fourth-order valence-electron chi connectivity index (χ4n) is 3.12. The molecule has 2 unspecified atom stereocenters. The summed E-state index contributed by atoms with van der Waals surface area (Å²) < 4.78 is 2.46. The molecular weight excluding hydrogens is 364 g/mol. The van der Waals surface area contributed by atoms with Crippen LogP contribution in [-0.4, -0.2) is 57.0 Å². The first-order valence-electron chi connectivity index (χ1n) is 7.59. The molecule has 0 aromatic heterocycles. The van der Waals surface area contributed by atoms with Gasteiger partial charge in [-0.2, -0.15) is 0 Å². The van der Waals surface area contributed by atoms with Crippen molar-refractivity contribution in [2.45, 2.75) is 24.9 Å². The number of fused-ring (bicyclic) bond motifs is 1. The van der Waals surface area contributed by atoms with E-state index in [0.717, 1.165) is 23.8 Å². The number of esters is 1. The molecule has 0 saturated carbocycles. The van der Waals surface area contributed by atoms with Gasteiger partial charge in [-0.05, 0) is 12.1 Å². The Labute approximate surface area is 152 Å². The Morgan fingerprint density at radius 3 is 2.19 bits per heavy atom. The van der Waals surface area contributed by atoms with Gasteiger partial charge in [0, 0.05) is 6.92 Å². The molecule has 0 bridgehead atoms. The minimum Gasteiger partial charge on any atom is -0.615 e. The molecule has 0 radical (unpaired) electrons. The number of hydrogen-bond acceptors (Lipinski definition) is 8. The van der Waals surface area contributed by atoms with E-state index >= 15 is 0 Å². The second kappa shape index (κ2) is 6.31. The lowest BCUT2D eigenvalue weighted by Crippen LogP contribution is -2.72. The van der Waals surface area contributed by atoms with E-state index in [1.807, 2.05) is 0 Å². The summed E-state index contributed by atoms with van der Waals surface area (Å²) in [6.45, 7) is 1.27. The van der Waals surface area contributed by atoms with Gasteiger partial charge in [-0.15, -0.1) is 0 Å². The smallest absolute Gasteiger partial charge is 0.396 e. The average molecular weight is 378 g/mol. The number of quaternary nitrogens is 1. The van der Waals surface area contributed by atoms with Crippen molar-refractivity contribution >= 4 is 40.6 Å². The number of hydroxylamine groups is 3. The van der Waals surface area contributed by atoms with Crippen molar-refractivity contribution in [3.63, 3.8) is 0 Å². The van der Waals surface area contributed by atoms with Gasteiger partial charge in [-0.1, -0.05) is 23.9 Å². The van der Waals surface area contributed by atoms with Crippen LogP contribution < -0.4 is 0 Å². The molecule has 0 spiro atoms. The first kappa shape index (κ1) is 18.2. The van der Waals surface area contributed by atoms with Gasteiger partial charge in [0.2, 0.25) is 0 Å². The number of methoxy groups -OCH3 is 1. The molecule has 2 heterocycles. The van der Waals surface area contributed by atoms with Crippen molar-refractivity contribution in [2.24, 2.45) is 0 Å². The van der Waals surface area contributed by atoms with E-state index in [-0.39, 0.29) is 22.7 Å². The van der Waals surface area contributed by atoms with Crippen LogP contribution in [0.25, 0.3) is 0 Å². The minimum atomic E-state index is -1.92. The topological polar surface area (TPSA) is 121 Å². The number of nitrogens with zero attached hydrogens (tertiary/aromatic N) is 2. The molecule has 0 N–H and O–H groups in total. The molecule has 2 aliphatic rings. The zero-order valence-corrected chi connectivity index (χ0v) is 14.6. The summed E-state index contributed by atoms with van der Waals surface area (Å²) in [6, 6.07) is 5.76. The summed E-state index contributed by atoms with van der Waals surface area (Å²) in [5.74, 6) is -4.41. The predicted octanol–water partition coefficient (Wildman–Crippen LogP) is 0.632. The minimum absolute atomic E-state index is 0.0272. The molecule has 136 valence electrons. The van der Waals surface area contributed by atoms with Crippen LogP contribution in [0.15, 0.2) is 24.3 Å². The van der Waals surface area contributed by atoms with Gasteiger partial charge in [0.05, 0.1) is 30.0 Å². The highest BCUT2D eigenvalue weighted by atomic mass is 32.2. The molecule has 0 aliphatic carbocycles. The van der Waals surface area contributed by atoms with Crippen molar-refractivity contribution < 1.29 is 33.4 Å². The number of carbonyl (C=O) groups excluding carboxylic acids is 5. The zero-order chi connectivity index (χ0) is 19.2. The van der Waals surface area contributed by atoms with Crippen LogP contribution in [0.4, 0.5) is 0 Å². The number of ether oxygens (including phenoxy) is 1. The predicted molar refractivity (Wildman–Crippen MR) is 88.1 cm³/mol. The maximum atomic E-state index is 13.3. The number of thioether (sulfide) groups is 1. The molecule has 1 aromatic carbocycles. The lowest BCUT2D eigenvalue weighted by molar-refractivity contribution is -0.764. The molecular formula is C16H14N2O7S. The normalized spacial score (nSPS) is 23.3. The largest absolute Gasteiger partial charge is 0.615 e. The van der Waals surface area contributed by atoms with Gasteiger partial charge in [-0.25, -0.2) is 19.0 Å². The number of carbonyl (C=O) groups is 5. The van der Waals surface area contributed by atoms with Crippen LogP contribution in [0.3, 0.4) is 0 Å². The Balaban J connectivity index is 1.98. The first-order valence-corrected chi connectivity index (χ1v) is 8.47. The Morgan fingerprint density at radius 1 is 1.19 bits per heavy atom. The molecule has 1 saturated heterocycles. The lowest BCUT2D eigenvalue weighted by atomic mass is 10.1. The van der Waals surface area contributed by atoms with Crippen LogP contribution in [0.5, 0.6) is 0 Å². The van der Waals surface area contributed by atoms with Crippen LogP contribution in [-0.2, 0) is 19.1 Å². The van der Waals surface area contributed by atoms with E-state index in [1.54, 1.807) is 0 Å². The highest BCUT2D eigenvalue weighted by molar-refractivity contribution is 8.14. The third kappa shape index (κ3) is 2.45. The summed E-state index contributed by atoms with van der Waals surface area (Å²) in [6.07, 6.45) is -1.51. The molecule has 9 nitrogen and oxygen atoms in total. The van der Waals surface area contributed by atoms with Gasteiger partial charge in [0.1, 0.15) is 0 Å². The fraction of sp³-hybridized carbons (Fsp3) is 0.312. The molecule has 26 heavy (non-hydrogen) atoms. The van der Waals surface area contributed by atoms with Crippen LogP contribution in [0, 0.1) is 5.21 Å². The highest BCUT2D eigenvalue weighted by Crippen LogP contribution is 2.44. The van der Waals surface area contributed by atoms with Crippen molar-refractivity contribution in [1.29, 1.82) is 0 Å². The molecule has 3 amide bonds. The Kier molecular flexibility index (Phi) is 4.42. The van der Waals surface area contributed by atoms with Crippen molar-refractivity contribution in [1.82, 2.24) is 4.90 Å². The SMILES string of the molecule is COC(=O)C(=O)N1C(SC(C)=O)CC1[N+]1([O-])C(=O)c2ccccc2C1=O. The zero-order valence-electron chi connectivity index (χ0n) is 13.8. The summed E-state index contributed by atoms with van der Waals surface area (Å²) in [7, 11) is 0.992. The Bertz CT molecular complexity index is 818. The van der Waals surface area contributed by atoms with E-state index in [1.165, 1.54) is 31.2 Å². The molecule has 1 aromatic rings. The van der Waals surface area contributed by atoms with Crippen molar-refractivity contribution in [3.8, 4) is 0 Å². The average Bonchev–Trinajstić information content (AvgIpc) is 2.79. The molecule has 2 aliphatic heterocycles. The lowest BCUT2D eigenvalue weighted by Gasteiger charge is -2.53. The van der Waals surface area contributed by atoms with E-state index in [9.17, 15) is 29.2 Å². The van der Waals surface area contributed by atoms with Gasteiger partial charge in [0.15, 0.2) is 11.3 Å². The quantitative estimate of drug-likeness (QED) is 0.242. The van der Waals surface area contributed by atoms with Crippen molar-refractivity contribution in [3.05, 3.63) is 40.6 Å². The van der Waals surface area contributed by atoms with Gasteiger partial charge in [-0.3, -0.25) is 14.5 Å². The van der Waals surface area contributed by atoms with E-state index in [4.69, 9.17) is 0 Å². The Hall–Kier alpha value is -2.56. The standard InChI is InChI=1S/C16H14N2O7S/c1-8(19)26-12-7-11(17(12)13(20)16(23)25-2)18(24)14(21)9-5-3-4-6-10(9)15(18)22/h3-6,11-12H,7H2,1-2H3. The first-order chi connectivity index (χ1) is 12.2. The van der Waals surface area contributed by atoms with Crippen LogP contribution >= 0.6 is 11.8 Å². The third-order valence-corrected chi connectivity index (χ3v) is 5.37. The number of amides is 3. The third-order valence-electron chi connectivity index (χ3n) is 4.35. The highest BCUT2D eigenvalue weighted by Gasteiger charge is 2.62. The summed E-state index contributed by atoms with van der Waals surface area (Å²) >= 11 is 0.740. The second-order valence-corrected chi connectivity index (χ2v) is 7.15. The number of likely N-dealkylation sites (tertiary alicyclic amines) is 1. The van der Waals surface area contributed by atoms with Gasteiger partial charge >= 0.3 is 23.7 Å². The van der Waals surface area contributed by atoms with E-state index < -0.39 is 39.9 Å². The van der Waals surface area contributed by atoms with Crippen LogP contribution in [0.1, 0.15) is 34.1 Å². The summed E-state index contributed by atoms with van der Waals surface area (Å²) in [5, 5.41) is 12.1. The van der Waals surface area contributed by atoms with E-state index in [2.05, 4.69) is 4.74 Å². The van der Waals surface area contributed by atoms with Gasteiger partial charge < -0.3 is 9.94 Å². The summed E-state index contributed by atoms with van der Waals surface area (Å²) in [5.41, 5.74) is -0.0544. The van der Waals surface area contributed by atoms with Crippen molar-refractivity contribution in [2.75, 3.05) is 7.11 Å². The molecule has 3 rings (SSSR count). The second-order valence-electron chi connectivity index (χ2n) is 5.80. The number of benzene rings is 1. The monoisotopic (exact) mass is 378 g/mol.